The number of rotatable bonds is 3. The van der Waals surface area contributed by atoms with Crippen LogP contribution < -0.4 is 0 Å². The molecule has 0 radical (unpaired) electrons. The molecule has 0 aliphatic carbocycles. The maximum Gasteiger partial charge on any atom is 0.423 e. The van der Waals surface area contributed by atoms with Crippen LogP contribution in [0.15, 0.2) is 120 Å². The Kier molecular flexibility index (Phi) is 6.12. The first-order valence-corrected chi connectivity index (χ1v) is 15.9. The maximum atomic E-state index is 13.8. The van der Waals surface area contributed by atoms with Crippen molar-refractivity contribution in [3.8, 4) is 28.2 Å². The van der Waals surface area contributed by atoms with Gasteiger partial charge in [0.2, 0.25) is 0 Å². The molecule has 0 amide bonds. The predicted molar refractivity (Wildman–Crippen MR) is 187 cm³/mol. The SMILES string of the molecule is CC(C)(C)c1cc(-c2nccc3c2nc2c(C(F)(F)F)con23)cc2c(-c3ccc4c5ccccc5n(-c5ccccn5)c4c3)cccc12. The van der Waals surface area contributed by atoms with Gasteiger partial charge in [-0.25, -0.2) is 9.97 Å². The predicted octanol–water partition coefficient (Wildman–Crippen LogP) is 10.8. The van der Waals surface area contributed by atoms with Crippen LogP contribution in [0.25, 0.3) is 77.5 Å². The summed E-state index contributed by atoms with van der Waals surface area (Å²) in [6.07, 6.45) is -0.523. The third-order valence-corrected chi connectivity index (χ3v) is 9.29. The Labute approximate surface area is 278 Å². The van der Waals surface area contributed by atoms with Crippen molar-refractivity contribution in [2.24, 2.45) is 0 Å². The number of alkyl halides is 3. The monoisotopic (exact) mass is 651 g/mol. The molecule has 0 bridgehead atoms. The second-order valence-electron chi connectivity index (χ2n) is 13.3. The van der Waals surface area contributed by atoms with E-state index in [0.29, 0.717) is 23.0 Å². The molecule has 9 heteroatoms. The Hall–Kier alpha value is -5.96. The fraction of sp³-hybridized carbons (Fsp3) is 0.125. The van der Waals surface area contributed by atoms with Gasteiger partial charge in [0.15, 0.2) is 5.65 Å². The normalized spacial score (nSPS) is 12.7. The fourth-order valence-electron chi connectivity index (χ4n) is 7.09. The average molecular weight is 652 g/mol. The highest BCUT2D eigenvalue weighted by Gasteiger charge is 2.37. The number of fused-ring (bicyclic) bond motifs is 7. The quantitative estimate of drug-likeness (QED) is 0.191. The summed E-state index contributed by atoms with van der Waals surface area (Å²) in [5.74, 6) is 0.833. The van der Waals surface area contributed by atoms with E-state index in [-0.39, 0.29) is 11.1 Å². The highest BCUT2D eigenvalue weighted by Crippen LogP contribution is 2.42. The number of aromatic nitrogens is 5. The van der Waals surface area contributed by atoms with Gasteiger partial charge in [0.05, 0.1) is 16.7 Å². The van der Waals surface area contributed by atoms with Gasteiger partial charge < -0.3 is 4.52 Å². The zero-order valence-electron chi connectivity index (χ0n) is 26.7. The molecule has 4 aromatic carbocycles. The first-order valence-electron chi connectivity index (χ1n) is 15.9. The second-order valence-corrected chi connectivity index (χ2v) is 13.3. The maximum absolute atomic E-state index is 13.8. The summed E-state index contributed by atoms with van der Waals surface area (Å²) < 4.78 is 50.1. The first kappa shape index (κ1) is 29.2. The van der Waals surface area contributed by atoms with Crippen LogP contribution in [0, 0.1) is 0 Å². The smallest absolute Gasteiger partial charge is 0.380 e. The fourth-order valence-corrected chi connectivity index (χ4v) is 7.09. The number of nitrogens with zero attached hydrogens (tertiary/aromatic N) is 5. The van der Waals surface area contributed by atoms with Crippen molar-refractivity contribution in [1.82, 2.24) is 24.1 Å². The Morgan fingerprint density at radius 1 is 0.633 bits per heavy atom. The summed E-state index contributed by atoms with van der Waals surface area (Å²) in [6.45, 7) is 6.47. The zero-order valence-corrected chi connectivity index (χ0v) is 26.7. The molecule has 240 valence electrons. The molecule has 0 spiro atoms. The highest BCUT2D eigenvalue weighted by molar-refractivity contribution is 6.11. The average Bonchev–Trinajstić information content (AvgIpc) is 3.77. The van der Waals surface area contributed by atoms with E-state index < -0.39 is 11.7 Å². The number of para-hydroxylation sites is 1. The molecule has 5 aromatic heterocycles. The van der Waals surface area contributed by atoms with Crippen molar-refractivity contribution in [3.05, 3.63) is 127 Å². The van der Waals surface area contributed by atoms with Gasteiger partial charge >= 0.3 is 6.18 Å². The van der Waals surface area contributed by atoms with Crippen molar-refractivity contribution < 1.29 is 17.7 Å². The Morgan fingerprint density at radius 3 is 2.22 bits per heavy atom. The first-order chi connectivity index (χ1) is 23.6. The summed E-state index contributed by atoms with van der Waals surface area (Å²) in [6, 6.07) is 32.9. The van der Waals surface area contributed by atoms with Crippen molar-refractivity contribution in [2.75, 3.05) is 0 Å². The van der Waals surface area contributed by atoms with E-state index in [4.69, 9.17) is 9.51 Å². The van der Waals surface area contributed by atoms with Crippen LogP contribution in [0.4, 0.5) is 13.2 Å². The van der Waals surface area contributed by atoms with E-state index in [1.807, 2.05) is 30.3 Å². The van der Waals surface area contributed by atoms with Gasteiger partial charge in [-0.1, -0.05) is 75.4 Å². The van der Waals surface area contributed by atoms with Crippen LogP contribution in [-0.2, 0) is 11.6 Å². The largest absolute Gasteiger partial charge is 0.423 e. The zero-order chi connectivity index (χ0) is 33.7. The summed E-state index contributed by atoms with van der Waals surface area (Å²) in [5.41, 5.74) is 5.76. The molecule has 0 fully saturated rings. The number of halogens is 3. The molecule has 0 unspecified atom stereocenters. The number of imidazole rings is 1. The van der Waals surface area contributed by atoms with Gasteiger partial charge in [0.25, 0.3) is 0 Å². The standard InChI is InChI=1S/C40H28F3N5O/c1-39(2,3)30-20-24(36-37-33(16-18-45-36)48-38(46-37)31(22-49-48)40(41,42)43)19-29-25(10-8-11-26(29)30)23-14-15-28-27-9-4-5-12-32(27)47(34(28)21-23)35-13-6-7-17-44-35/h4-22H,1-3H3. The van der Waals surface area contributed by atoms with Gasteiger partial charge in [-0.05, 0) is 75.3 Å². The van der Waals surface area contributed by atoms with Gasteiger partial charge in [-0.2, -0.15) is 17.7 Å². The summed E-state index contributed by atoms with van der Waals surface area (Å²) in [5, 5.41) is 4.36. The molecule has 0 N–H and O–H groups in total. The van der Waals surface area contributed by atoms with Crippen molar-refractivity contribution >= 4 is 49.3 Å². The van der Waals surface area contributed by atoms with Crippen molar-refractivity contribution in [3.63, 3.8) is 0 Å². The number of hydrogen-bond acceptors (Lipinski definition) is 4. The summed E-state index contributed by atoms with van der Waals surface area (Å²) >= 11 is 0. The molecule has 5 heterocycles. The van der Waals surface area contributed by atoms with Crippen LogP contribution in [-0.4, -0.2) is 24.1 Å². The Morgan fingerprint density at radius 2 is 1.43 bits per heavy atom. The van der Waals surface area contributed by atoms with E-state index in [1.54, 1.807) is 18.5 Å². The van der Waals surface area contributed by atoms with Crippen LogP contribution in [0.3, 0.4) is 0 Å². The minimum atomic E-state index is -4.61. The van der Waals surface area contributed by atoms with Gasteiger partial charge in [-0.15, -0.1) is 0 Å². The topological polar surface area (TPSA) is 61.1 Å². The van der Waals surface area contributed by atoms with Crippen LogP contribution in [0.5, 0.6) is 0 Å². The van der Waals surface area contributed by atoms with Crippen LogP contribution >= 0.6 is 0 Å². The van der Waals surface area contributed by atoms with E-state index in [2.05, 4.69) is 96.0 Å². The summed E-state index contributed by atoms with van der Waals surface area (Å²) in [7, 11) is 0. The molecule has 49 heavy (non-hydrogen) atoms. The van der Waals surface area contributed by atoms with E-state index in [0.717, 1.165) is 65.2 Å². The molecular formula is C40H28F3N5O. The molecule has 0 atom stereocenters. The highest BCUT2D eigenvalue weighted by atomic mass is 19.4. The number of pyridine rings is 2. The van der Waals surface area contributed by atoms with E-state index in [9.17, 15) is 13.2 Å². The van der Waals surface area contributed by atoms with Crippen LogP contribution in [0.2, 0.25) is 0 Å². The lowest BCUT2D eigenvalue weighted by Gasteiger charge is -2.24. The van der Waals surface area contributed by atoms with Gasteiger partial charge in [-0.3, -0.25) is 9.55 Å². The lowest BCUT2D eigenvalue weighted by molar-refractivity contribution is -0.136. The third-order valence-electron chi connectivity index (χ3n) is 9.29. The number of benzene rings is 4. The second kappa shape index (κ2) is 10.3. The number of hydrogen-bond donors (Lipinski definition) is 0. The molecule has 0 aliphatic rings. The lowest BCUT2D eigenvalue weighted by atomic mass is 9.81. The molecule has 9 aromatic rings. The Balaban J connectivity index is 1.31. The lowest BCUT2D eigenvalue weighted by Crippen LogP contribution is -2.12. The third kappa shape index (κ3) is 4.45. The van der Waals surface area contributed by atoms with Crippen molar-refractivity contribution in [1.29, 1.82) is 0 Å². The van der Waals surface area contributed by atoms with E-state index >= 15 is 0 Å². The van der Waals surface area contributed by atoms with Gasteiger partial charge in [0.1, 0.15) is 28.7 Å². The van der Waals surface area contributed by atoms with E-state index in [1.165, 1.54) is 0 Å². The minimum absolute atomic E-state index is 0.263. The Bertz CT molecular complexity index is 2750. The van der Waals surface area contributed by atoms with Crippen LogP contribution in [0.1, 0.15) is 31.9 Å². The summed E-state index contributed by atoms with van der Waals surface area (Å²) in [4.78, 5) is 13.8. The van der Waals surface area contributed by atoms with Gasteiger partial charge in [0, 0.05) is 28.7 Å². The molecule has 6 nitrogen and oxygen atoms in total. The molecule has 9 rings (SSSR count). The molecular weight excluding hydrogens is 623 g/mol. The molecule has 0 saturated carbocycles. The minimum Gasteiger partial charge on any atom is -0.380 e. The molecule has 0 saturated heterocycles. The van der Waals surface area contributed by atoms with Crippen molar-refractivity contribution in [2.45, 2.75) is 32.4 Å². The molecule has 0 aliphatic heterocycles.